The van der Waals surface area contributed by atoms with E-state index in [0.717, 1.165) is 61.8 Å². The number of ketones is 2. The molecule has 1 spiro atoms. The van der Waals surface area contributed by atoms with Gasteiger partial charge in [-0.15, -0.1) is 0 Å². The van der Waals surface area contributed by atoms with Gasteiger partial charge in [-0.1, -0.05) is 87.1 Å². The van der Waals surface area contributed by atoms with Gasteiger partial charge in [0.15, 0.2) is 17.3 Å². The zero-order chi connectivity index (χ0) is 44.7. The lowest BCUT2D eigenvalue weighted by molar-refractivity contribution is -0.134. The Morgan fingerprint density at radius 2 is 1.81 bits per heavy atom. The summed E-state index contributed by atoms with van der Waals surface area (Å²) in [5, 5.41) is 54.6. The monoisotopic (exact) mass is 862 g/mol. The minimum atomic E-state index is -1.25. The van der Waals surface area contributed by atoms with Gasteiger partial charge in [-0.05, 0) is 134 Å². The Labute approximate surface area is 374 Å². The minimum absolute atomic E-state index is 0.0489. The number of hydrogen-bond donors (Lipinski definition) is 7. The molecule has 10 heteroatoms. The third kappa shape index (κ3) is 11.3. The third-order valence-electron chi connectivity index (χ3n) is 15.1. The van der Waals surface area contributed by atoms with Crippen LogP contribution in [-0.2, 0) is 16.0 Å². The van der Waals surface area contributed by atoms with E-state index in [1.807, 2.05) is 36.4 Å². The van der Waals surface area contributed by atoms with E-state index in [2.05, 4.69) is 54.5 Å². The predicted octanol–water partition coefficient (Wildman–Crippen LogP) is 7.10. The summed E-state index contributed by atoms with van der Waals surface area (Å²) < 4.78 is 5.51. The standard InChI is InChI=1S/C53H71N3O7/c1-33(2)9-16-43(42(39-21-24-55-51(54)29-39)17-12-34-7-5-4-6-8-34)52(62)47(59)27-38-20-23-53(49(60)18-14-37-28-48(63-3)46(58)31-44(37)38)22-19-35(26-50(53)61)10-11-36-25-40-13-15-41(57)30-45(40)56-32-36/h4-8,12,17,21,28-29,31,33,35-36,38,40,42-43,45,47,50,52,55-56,58-59,61-62H,9-11,13-16,18-19,22,24-27,30,32,54H2,1-3H3/b17-12+/t35-,36-,38+,40+,42+,43+,45+,47-,50+,52+,53-/m0/s1. The molecule has 10 nitrogen and oxygen atoms in total. The minimum Gasteiger partial charge on any atom is -0.504 e. The smallest absolute Gasteiger partial charge is 0.160 e. The number of carbonyl (C=O) groups excluding carboxylic acids is 2. The first-order valence-corrected chi connectivity index (χ1v) is 23.7. The van der Waals surface area contributed by atoms with E-state index < -0.39 is 29.6 Å². The van der Waals surface area contributed by atoms with Gasteiger partial charge >= 0.3 is 0 Å². The Kier molecular flexibility index (Phi) is 15.6. The Morgan fingerprint density at radius 3 is 2.56 bits per heavy atom. The lowest BCUT2D eigenvalue weighted by atomic mass is 9.64. The van der Waals surface area contributed by atoms with Crippen LogP contribution in [0.5, 0.6) is 11.5 Å². The zero-order valence-electron chi connectivity index (χ0n) is 37.6. The first-order chi connectivity index (χ1) is 30.3. The number of aryl methyl sites for hydroxylation is 1. The van der Waals surface area contributed by atoms with Crippen LogP contribution in [0.4, 0.5) is 0 Å². The maximum atomic E-state index is 14.4. The number of rotatable bonds is 15. The molecule has 2 aromatic rings. The van der Waals surface area contributed by atoms with Gasteiger partial charge in [-0.3, -0.25) is 9.59 Å². The normalized spacial score (nSPS) is 29.4. The molecule has 5 aliphatic rings. The highest BCUT2D eigenvalue weighted by Gasteiger charge is 2.48. The van der Waals surface area contributed by atoms with Gasteiger partial charge in [0.1, 0.15) is 11.2 Å². The summed E-state index contributed by atoms with van der Waals surface area (Å²) in [6.45, 7) is 5.79. The Bertz CT molecular complexity index is 2070. The summed E-state index contributed by atoms with van der Waals surface area (Å²) in [6, 6.07) is 13.7. The van der Waals surface area contributed by atoms with Crippen LogP contribution in [0.25, 0.3) is 6.08 Å². The fourth-order valence-corrected chi connectivity index (χ4v) is 11.3. The van der Waals surface area contributed by atoms with Crippen molar-refractivity contribution in [3.63, 3.8) is 0 Å². The number of aliphatic hydroxyl groups excluding tert-OH is 3. The van der Waals surface area contributed by atoms with E-state index in [1.165, 1.54) is 7.11 Å². The van der Waals surface area contributed by atoms with E-state index in [0.29, 0.717) is 86.0 Å². The number of nitrogens with one attached hydrogen (secondary N) is 2. The number of ether oxygens (including phenoxy) is 1. The quantitative estimate of drug-likeness (QED) is 0.0916. The van der Waals surface area contributed by atoms with E-state index in [1.54, 1.807) is 12.1 Å². The number of piperidine rings is 1. The van der Waals surface area contributed by atoms with Crippen LogP contribution in [0, 0.1) is 52.8 Å². The first kappa shape index (κ1) is 46.6. The van der Waals surface area contributed by atoms with Crippen molar-refractivity contribution in [1.82, 2.24) is 10.6 Å². The van der Waals surface area contributed by atoms with Crippen molar-refractivity contribution < 1.29 is 34.8 Å². The predicted molar refractivity (Wildman–Crippen MR) is 247 cm³/mol. The maximum Gasteiger partial charge on any atom is 0.160 e. The average molecular weight is 862 g/mol. The van der Waals surface area contributed by atoms with Crippen LogP contribution in [0.3, 0.4) is 0 Å². The largest absolute Gasteiger partial charge is 0.504 e. The van der Waals surface area contributed by atoms with Gasteiger partial charge in [-0.2, -0.15) is 0 Å². The topological polar surface area (TPSA) is 174 Å². The van der Waals surface area contributed by atoms with Crippen molar-refractivity contribution >= 4 is 17.6 Å². The summed E-state index contributed by atoms with van der Waals surface area (Å²) in [5.41, 5.74) is 8.52. The Morgan fingerprint density at radius 1 is 1.02 bits per heavy atom. The molecular formula is C53H71N3O7. The van der Waals surface area contributed by atoms with Gasteiger partial charge < -0.3 is 41.5 Å². The SMILES string of the molecule is COc1cc2c(cc1O)[C@@H](C[C@H](O)[C@H](O)[C@H](CCC(C)C)[C@H](/C=C/c1ccccc1)C1=CCNC(N)=C1)C#C[C@@]1(CC[C@H](CC[C@@H]3CN[C@@H]4CC(=O)CC[C@@H]4C3)C[C@H]1O)C(=O)CC2. The second kappa shape index (κ2) is 21.1. The Balaban J connectivity index is 1.14. The fourth-order valence-electron chi connectivity index (χ4n) is 11.3. The molecule has 2 heterocycles. The van der Waals surface area contributed by atoms with Gasteiger partial charge in [-0.25, -0.2) is 0 Å². The van der Waals surface area contributed by atoms with Gasteiger partial charge in [0.05, 0.1) is 31.2 Å². The van der Waals surface area contributed by atoms with Crippen LogP contribution in [-0.4, -0.2) is 76.5 Å². The molecule has 2 aromatic carbocycles. The van der Waals surface area contributed by atoms with Crippen molar-refractivity contribution in [3.05, 3.63) is 88.8 Å². The van der Waals surface area contributed by atoms with E-state index in [4.69, 9.17) is 10.5 Å². The van der Waals surface area contributed by atoms with Crippen LogP contribution in [0.1, 0.15) is 120 Å². The van der Waals surface area contributed by atoms with Crippen molar-refractivity contribution in [2.75, 3.05) is 20.2 Å². The molecule has 3 fully saturated rings. The highest BCUT2D eigenvalue weighted by Crippen LogP contribution is 2.46. The number of hydrogen-bond acceptors (Lipinski definition) is 10. The number of methoxy groups -OCH3 is 1. The molecule has 0 aromatic heterocycles. The van der Waals surface area contributed by atoms with Crippen molar-refractivity contribution in [1.29, 1.82) is 0 Å². The molecule has 2 saturated carbocycles. The second-order valence-electron chi connectivity index (χ2n) is 19.7. The van der Waals surface area contributed by atoms with Crippen LogP contribution in [0.2, 0.25) is 0 Å². The lowest BCUT2D eigenvalue weighted by Crippen LogP contribution is -2.49. The number of fused-ring (bicyclic) bond motifs is 2. The number of benzene rings is 2. The molecule has 63 heavy (non-hydrogen) atoms. The number of allylic oxidation sites excluding steroid dienone is 3. The molecule has 3 aliphatic carbocycles. The molecule has 1 saturated heterocycles. The number of dihydropyridines is 1. The number of aromatic hydroxyl groups is 1. The number of phenols is 1. The number of nitrogens with two attached hydrogens (primary N) is 1. The molecular weight excluding hydrogens is 791 g/mol. The highest BCUT2D eigenvalue weighted by molar-refractivity contribution is 5.89. The van der Waals surface area contributed by atoms with Crippen molar-refractivity contribution in [2.45, 2.75) is 134 Å². The molecule has 7 rings (SSSR count). The molecule has 0 unspecified atom stereocenters. The number of Topliss-reactive ketones (excluding diaryl/α,β-unsaturated/α-hetero) is 2. The molecule has 11 atom stereocenters. The van der Waals surface area contributed by atoms with Crippen molar-refractivity contribution in [3.8, 4) is 23.3 Å². The molecule has 2 aliphatic heterocycles. The van der Waals surface area contributed by atoms with Gasteiger partial charge in [0, 0.05) is 43.7 Å². The van der Waals surface area contributed by atoms with E-state index in [-0.39, 0.29) is 47.9 Å². The van der Waals surface area contributed by atoms with Crippen molar-refractivity contribution in [2.24, 2.45) is 46.7 Å². The van der Waals surface area contributed by atoms with Crippen LogP contribution < -0.4 is 21.1 Å². The molecule has 0 radical (unpaired) electrons. The first-order valence-electron chi connectivity index (χ1n) is 23.7. The number of carbonyl (C=O) groups is 2. The number of aliphatic hydroxyl groups is 3. The third-order valence-corrected chi connectivity index (χ3v) is 15.1. The summed E-state index contributed by atoms with van der Waals surface area (Å²) in [7, 11) is 1.49. The van der Waals surface area contributed by atoms with Crippen LogP contribution in [0.15, 0.2) is 72.1 Å². The molecule has 8 N–H and O–H groups in total. The van der Waals surface area contributed by atoms with E-state index in [9.17, 15) is 30.0 Å². The highest BCUT2D eigenvalue weighted by atomic mass is 16.5. The Hall–Kier alpha value is -4.40. The molecule has 0 amide bonds. The summed E-state index contributed by atoms with van der Waals surface area (Å²) in [5.74, 6) is 8.25. The number of phenolic OH excluding ortho intramolecular Hbond substituents is 1. The summed E-state index contributed by atoms with van der Waals surface area (Å²) >= 11 is 0. The zero-order valence-corrected chi connectivity index (χ0v) is 37.6. The maximum absolute atomic E-state index is 14.4. The van der Waals surface area contributed by atoms with Gasteiger partial charge in [0.25, 0.3) is 0 Å². The van der Waals surface area contributed by atoms with Gasteiger partial charge in [0.2, 0.25) is 0 Å². The van der Waals surface area contributed by atoms with Crippen LogP contribution >= 0.6 is 0 Å². The summed E-state index contributed by atoms with van der Waals surface area (Å²) in [6.07, 6.45) is 14.1. The summed E-state index contributed by atoms with van der Waals surface area (Å²) in [4.78, 5) is 26.4. The molecule has 0 bridgehead atoms. The average Bonchev–Trinajstić information content (AvgIpc) is 3.32. The second-order valence-corrected chi connectivity index (χ2v) is 19.7. The van der Waals surface area contributed by atoms with E-state index >= 15 is 0 Å². The lowest BCUT2D eigenvalue weighted by Gasteiger charge is -2.42. The fraction of sp³-hybridized carbons (Fsp3) is 0.585. The molecule has 340 valence electrons.